The van der Waals surface area contributed by atoms with Crippen LogP contribution in [0.1, 0.15) is 45.7 Å². The molecule has 0 unspecified atom stereocenters. The van der Waals surface area contributed by atoms with Crippen LogP contribution in [0.5, 0.6) is 0 Å². The molecule has 1 saturated heterocycles. The molecule has 0 saturated carbocycles. The van der Waals surface area contributed by atoms with Crippen molar-refractivity contribution in [1.29, 1.82) is 0 Å². The molecule has 0 radical (unpaired) electrons. The highest BCUT2D eigenvalue weighted by Gasteiger charge is 2.35. The van der Waals surface area contributed by atoms with E-state index in [4.69, 9.17) is 4.52 Å². The van der Waals surface area contributed by atoms with Gasteiger partial charge in [0.15, 0.2) is 5.76 Å². The summed E-state index contributed by atoms with van der Waals surface area (Å²) in [6.07, 6.45) is 0.849. The van der Waals surface area contributed by atoms with Crippen molar-refractivity contribution in [3.05, 3.63) is 27.0 Å². The fourth-order valence-corrected chi connectivity index (χ4v) is 6.29. The summed E-state index contributed by atoms with van der Waals surface area (Å²) < 4.78 is 32.2. The number of rotatable bonds is 5. The van der Waals surface area contributed by atoms with Crippen LogP contribution in [0.4, 0.5) is 0 Å². The molecular formula is C18H26N4O4S2. The summed E-state index contributed by atoms with van der Waals surface area (Å²) in [6, 6.07) is 0. The third-order valence-electron chi connectivity index (χ3n) is 4.71. The standard InChI is InChI=1S/C18H26N4O4S2/c1-11(2)10-15-19-12(3)16(27-15)18(23)21-6-8-22(9-7-21)28(24,25)17-13(4)20-26-14(17)5/h11H,6-10H2,1-5H3. The van der Waals surface area contributed by atoms with Crippen LogP contribution in [-0.2, 0) is 16.4 Å². The molecule has 1 aliphatic heterocycles. The highest BCUT2D eigenvalue weighted by atomic mass is 32.2. The average molecular weight is 427 g/mol. The van der Waals surface area contributed by atoms with Crippen LogP contribution in [0.15, 0.2) is 9.42 Å². The average Bonchev–Trinajstić information content (AvgIpc) is 3.15. The SMILES string of the molecule is Cc1nc(CC(C)C)sc1C(=O)N1CCN(S(=O)(=O)c2c(C)noc2C)CC1. The lowest BCUT2D eigenvalue weighted by atomic mass is 10.1. The first kappa shape index (κ1) is 20.9. The molecule has 0 spiro atoms. The Bertz CT molecular complexity index is 950. The molecule has 10 heteroatoms. The van der Waals surface area contributed by atoms with E-state index in [1.54, 1.807) is 18.7 Å². The van der Waals surface area contributed by atoms with E-state index in [0.717, 1.165) is 17.1 Å². The van der Waals surface area contributed by atoms with Gasteiger partial charge in [0.25, 0.3) is 5.91 Å². The summed E-state index contributed by atoms with van der Waals surface area (Å²) in [5.41, 5.74) is 1.10. The minimum atomic E-state index is -3.68. The fraction of sp³-hybridized carbons (Fsp3) is 0.611. The van der Waals surface area contributed by atoms with Gasteiger partial charge in [-0.15, -0.1) is 11.3 Å². The second-order valence-corrected chi connectivity index (χ2v) is 10.4. The topological polar surface area (TPSA) is 96.6 Å². The van der Waals surface area contributed by atoms with E-state index in [1.807, 2.05) is 6.92 Å². The number of amides is 1. The van der Waals surface area contributed by atoms with Gasteiger partial charge in [-0.25, -0.2) is 13.4 Å². The Morgan fingerprint density at radius 1 is 1.14 bits per heavy atom. The first-order valence-electron chi connectivity index (χ1n) is 9.29. The van der Waals surface area contributed by atoms with Crippen molar-refractivity contribution < 1.29 is 17.7 Å². The van der Waals surface area contributed by atoms with Crippen molar-refractivity contribution in [2.75, 3.05) is 26.2 Å². The quantitative estimate of drug-likeness (QED) is 0.728. The number of sulfonamides is 1. The minimum Gasteiger partial charge on any atom is -0.360 e. The largest absolute Gasteiger partial charge is 0.360 e. The van der Waals surface area contributed by atoms with Gasteiger partial charge >= 0.3 is 0 Å². The van der Waals surface area contributed by atoms with Gasteiger partial charge in [-0.2, -0.15) is 4.31 Å². The number of piperazine rings is 1. The predicted molar refractivity (Wildman–Crippen MR) is 106 cm³/mol. The molecule has 8 nitrogen and oxygen atoms in total. The number of carbonyl (C=O) groups is 1. The highest BCUT2D eigenvalue weighted by molar-refractivity contribution is 7.89. The van der Waals surface area contributed by atoms with Crippen molar-refractivity contribution in [1.82, 2.24) is 19.3 Å². The van der Waals surface area contributed by atoms with Crippen molar-refractivity contribution in [3.63, 3.8) is 0 Å². The number of hydrogen-bond acceptors (Lipinski definition) is 7. The Balaban J connectivity index is 1.70. The highest BCUT2D eigenvalue weighted by Crippen LogP contribution is 2.26. The van der Waals surface area contributed by atoms with Crippen molar-refractivity contribution in [2.24, 2.45) is 5.92 Å². The number of thiazole rings is 1. The number of carbonyl (C=O) groups excluding carboxylic acids is 1. The molecule has 0 N–H and O–H groups in total. The van der Waals surface area contributed by atoms with Gasteiger partial charge in [-0.05, 0) is 26.7 Å². The number of aryl methyl sites for hydroxylation is 3. The molecule has 3 rings (SSSR count). The second-order valence-electron chi connectivity index (χ2n) is 7.47. The lowest BCUT2D eigenvalue weighted by Gasteiger charge is -2.33. The molecule has 1 amide bonds. The Kier molecular flexibility index (Phi) is 5.92. The summed E-state index contributed by atoms with van der Waals surface area (Å²) in [5, 5.41) is 4.71. The zero-order valence-corrected chi connectivity index (χ0v) is 18.5. The smallest absolute Gasteiger partial charge is 0.265 e. The molecule has 0 atom stereocenters. The molecule has 0 bridgehead atoms. The van der Waals surface area contributed by atoms with Gasteiger partial charge in [0.05, 0.1) is 10.7 Å². The second kappa shape index (κ2) is 7.92. The van der Waals surface area contributed by atoms with Gasteiger partial charge in [-0.3, -0.25) is 4.79 Å². The maximum atomic E-state index is 12.9. The molecule has 1 fully saturated rings. The summed E-state index contributed by atoms with van der Waals surface area (Å²) >= 11 is 1.44. The monoisotopic (exact) mass is 426 g/mol. The third-order valence-corrected chi connectivity index (χ3v) is 8.02. The normalized spacial score (nSPS) is 16.1. The summed E-state index contributed by atoms with van der Waals surface area (Å²) in [7, 11) is -3.68. The molecule has 3 heterocycles. The van der Waals surface area contributed by atoms with E-state index in [1.165, 1.54) is 15.6 Å². The van der Waals surface area contributed by atoms with Crippen LogP contribution in [0.3, 0.4) is 0 Å². The lowest BCUT2D eigenvalue weighted by molar-refractivity contribution is 0.0701. The Morgan fingerprint density at radius 3 is 2.32 bits per heavy atom. The first-order valence-corrected chi connectivity index (χ1v) is 11.6. The molecule has 2 aromatic rings. The van der Waals surface area contributed by atoms with Crippen molar-refractivity contribution in [2.45, 2.75) is 45.9 Å². The maximum Gasteiger partial charge on any atom is 0.265 e. The van der Waals surface area contributed by atoms with E-state index in [9.17, 15) is 13.2 Å². The number of aromatic nitrogens is 2. The fourth-order valence-electron chi connectivity index (χ4n) is 3.33. The van der Waals surface area contributed by atoms with Crippen molar-refractivity contribution >= 4 is 27.3 Å². The van der Waals surface area contributed by atoms with Gasteiger partial charge in [0, 0.05) is 32.6 Å². The van der Waals surface area contributed by atoms with Gasteiger partial charge < -0.3 is 9.42 Å². The van der Waals surface area contributed by atoms with Gasteiger partial charge in [-0.1, -0.05) is 19.0 Å². The summed E-state index contributed by atoms with van der Waals surface area (Å²) in [6.45, 7) is 10.5. The van der Waals surface area contributed by atoms with Crippen LogP contribution in [0, 0.1) is 26.7 Å². The molecule has 1 aliphatic rings. The first-order chi connectivity index (χ1) is 13.1. The van der Waals surface area contributed by atoms with Crippen LogP contribution in [-0.4, -0.2) is 59.8 Å². The minimum absolute atomic E-state index is 0.0700. The molecule has 0 aromatic carbocycles. The van der Waals surface area contributed by atoms with E-state index in [0.29, 0.717) is 29.6 Å². The molecular weight excluding hydrogens is 400 g/mol. The third kappa shape index (κ3) is 3.99. The molecule has 28 heavy (non-hydrogen) atoms. The van der Waals surface area contributed by atoms with E-state index < -0.39 is 10.0 Å². The van der Waals surface area contributed by atoms with E-state index >= 15 is 0 Å². The summed E-state index contributed by atoms with van der Waals surface area (Å²) in [4.78, 5) is 19.9. The molecule has 0 aliphatic carbocycles. The summed E-state index contributed by atoms with van der Waals surface area (Å²) in [5.74, 6) is 0.694. The maximum absolute atomic E-state index is 12.9. The molecule has 154 valence electrons. The van der Waals surface area contributed by atoms with Gasteiger partial charge in [0.2, 0.25) is 10.0 Å². The zero-order valence-electron chi connectivity index (χ0n) is 16.9. The Hall–Kier alpha value is -1.78. The zero-order chi connectivity index (χ0) is 20.6. The predicted octanol–water partition coefficient (Wildman–Crippen LogP) is 2.40. The number of nitrogens with zero attached hydrogens (tertiary/aromatic N) is 4. The molecule has 2 aromatic heterocycles. The number of hydrogen-bond donors (Lipinski definition) is 0. The Morgan fingerprint density at radius 2 is 1.79 bits per heavy atom. The Labute approximate surface area is 169 Å². The lowest BCUT2D eigenvalue weighted by Crippen LogP contribution is -2.50. The van der Waals surface area contributed by atoms with E-state index in [-0.39, 0.29) is 29.7 Å². The van der Waals surface area contributed by atoms with E-state index in [2.05, 4.69) is 24.0 Å². The van der Waals surface area contributed by atoms with Crippen LogP contribution in [0.25, 0.3) is 0 Å². The van der Waals surface area contributed by atoms with Crippen molar-refractivity contribution in [3.8, 4) is 0 Å². The van der Waals surface area contributed by atoms with Crippen LogP contribution >= 0.6 is 11.3 Å². The van der Waals surface area contributed by atoms with Crippen LogP contribution in [0.2, 0.25) is 0 Å². The van der Waals surface area contributed by atoms with Gasteiger partial charge in [0.1, 0.15) is 15.5 Å². The van der Waals surface area contributed by atoms with Crippen LogP contribution < -0.4 is 0 Å².